The Labute approximate surface area is 180 Å². The first-order chi connectivity index (χ1) is 15.1. The number of methoxy groups -OCH3 is 2. The summed E-state index contributed by atoms with van der Waals surface area (Å²) in [7, 11) is 2.43. The molecule has 1 aliphatic rings. The fourth-order valence-electron chi connectivity index (χ4n) is 3.49. The second kappa shape index (κ2) is 7.49. The zero-order chi connectivity index (χ0) is 23.3. The lowest BCUT2D eigenvalue weighted by molar-refractivity contribution is -0.315. The molecule has 1 atom stereocenters. The normalized spacial score (nSPS) is 19.6. The lowest BCUT2D eigenvalue weighted by Gasteiger charge is -2.37. The predicted octanol–water partition coefficient (Wildman–Crippen LogP) is 4.58. The first-order valence-electron chi connectivity index (χ1n) is 9.34. The summed E-state index contributed by atoms with van der Waals surface area (Å²) >= 11 is 0. The highest BCUT2D eigenvalue weighted by atomic mass is 19.4. The third-order valence-electron chi connectivity index (χ3n) is 5.09. The predicted molar refractivity (Wildman–Crippen MR) is 108 cm³/mol. The molecular formula is C22H18F3NO6. The topological polar surface area (TPSA) is 90.2 Å². The summed E-state index contributed by atoms with van der Waals surface area (Å²) in [5, 5.41) is 13.5. The van der Waals surface area contributed by atoms with Crippen molar-refractivity contribution in [3.63, 3.8) is 0 Å². The highest BCUT2D eigenvalue weighted by Crippen LogP contribution is 2.54. The summed E-state index contributed by atoms with van der Waals surface area (Å²) in [5.74, 6) is -6.08. The van der Waals surface area contributed by atoms with Gasteiger partial charge < -0.3 is 29.1 Å². The summed E-state index contributed by atoms with van der Waals surface area (Å²) in [5.41, 5.74) is -0.0564. The van der Waals surface area contributed by atoms with Crippen LogP contribution < -0.4 is 19.5 Å². The number of ether oxygens (including phenoxy) is 3. The molecule has 0 bridgehead atoms. The first-order valence-corrected chi connectivity index (χ1v) is 9.34. The van der Waals surface area contributed by atoms with E-state index in [9.17, 15) is 23.1 Å². The van der Waals surface area contributed by atoms with Crippen molar-refractivity contribution >= 4 is 22.4 Å². The fourth-order valence-corrected chi connectivity index (χ4v) is 3.49. The second-order valence-electron chi connectivity index (χ2n) is 7.08. The number of hydrogen-bond acceptors (Lipinski definition) is 7. The van der Waals surface area contributed by atoms with Crippen LogP contribution in [0.25, 0.3) is 11.0 Å². The molecule has 0 saturated carbocycles. The van der Waals surface area contributed by atoms with Gasteiger partial charge in [-0.3, -0.25) is 4.79 Å². The molecule has 0 saturated heterocycles. The van der Waals surface area contributed by atoms with Gasteiger partial charge in [0.15, 0.2) is 11.3 Å². The zero-order valence-corrected chi connectivity index (χ0v) is 17.2. The van der Waals surface area contributed by atoms with Crippen molar-refractivity contribution in [2.24, 2.45) is 0 Å². The minimum absolute atomic E-state index is 0.00522. The van der Waals surface area contributed by atoms with Crippen molar-refractivity contribution < 1.29 is 41.7 Å². The highest BCUT2D eigenvalue weighted by Gasteiger charge is 2.64. The van der Waals surface area contributed by atoms with Crippen molar-refractivity contribution in [3.05, 3.63) is 59.5 Å². The lowest BCUT2D eigenvalue weighted by Crippen LogP contribution is -2.56. The van der Waals surface area contributed by atoms with Crippen molar-refractivity contribution in [3.8, 4) is 17.2 Å². The maximum atomic E-state index is 14.0. The molecule has 0 aliphatic carbocycles. The molecule has 1 aromatic heterocycles. The minimum atomic E-state index is -5.36. The summed E-state index contributed by atoms with van der Waals surface area (Å²) in [6.45, 7) is 1.84. The third kappa shape index (κ3) is 3.14. The maximum absolute atomic E-state index is 14.0. The maximum Gasteiger partial charge on any atom is 0.460 e. The van der Waals surface area contributed by atoms with Crippen LogP contribution in [0.1, 0.15) is 15.9 Å². The number of carbonyl (C=O) groups excluding carboxylic acids is 1. The Bertz CT molecular complexity index is 1230. The van der Waals surface area contributed by atoms with Crippen LogP contribution in [0.4, 0.5) is 18.9 Å². The minimum Gasteiger partial charge on any atom is -0.495 e. The van der Waals surface area contributed by atoms with E-state index in [-0.39, 0.29) is 22.6 Å². The van der Waals surface area contributed by atoms with Crippen LogP contribution >= 0.6 is 0 Å². The molecule has 0 amide bonds. The van der Waals surface area contributed by atoms with E-state index >= 15 is 0 Å². The summed E-state index contributed by atoms with van der Waals surface area (Å²) in [4.78, 5) is 13.4. The van der Waals surface area contributed by atoms with Gasteiger partial charge in [0, 0.05) is 11.9 Å². The van der Waals surface area contributed by atoms with E-state index in [2.05, 4.69) is 5.32 Å². The monoisotopic (exact) mass is 449 g/mol. The van der Waals surface area contributed by atoms with Crippen LogP contribution in [0.2, 0.25) is 0 Å². The zero-order valence-electron chi connectivity index (χ0n) is 17.2. The van der Waals surface area contributed by atoms with E-state index in [0.29, 0.717) is 11.1 Å². The SMILES string of the molecule is COc1c2c(c(OC)c3occc13)O[C@](O)(C(F)(F)F)/C(=C/Nc1ccc(C)cc1)C2=O. The molecule has 2 heterocycles. The number of aryl methyl sites for hydroxylation is 1. The number of hydrogen-bond donors (Lipinski definition) is 2. The number of alkyl halides is 3. The molecule has 10 heteroatoms. The Balaban J connectivity index is 1.95. The number of benzene rings is 2. The Morgan fingerprint density at radius 2 is 1.75 bits per heavy atom. The summed E-state index contributed by atoms with van der Waals surface area (Å²) in [6.07, 6.45) is -3.33. The number of aliphatic hydroxyl groups is 1. The van der Waals surface area contributed by atoms with Gasteiger partial charge in [-0.25, -0.2) is 0 Å². The molecular weight excluding hydrogens is 431 g/mol. The number of ketones is 1. The van der Waals surface area contributed by atoms with Gasteiger partial charge in [0.2, 0.25) is 11.5 Å². The van der Waals surface area contributed by atoms with Gasteiger partial charge in [-0.15, -0.1) is 0 Å². The number of halogens is 3. The van der Waals surface area contributed by atoms with Crippen molar-refractivity contribution in [2.45, 2.75) is 18.9 Å². The van der Waals surface area contributed by atoms with Crippen LogP contribution in [0.3, 0.4) is 0 Å². The molecule has 2 aromatic carbocycles. The van der Waals surface area contributed by atoms with Crippen LogP contribution in [0.15, 0.2) is 52.8 Å². The van der Waals surface area contributed by atoms with Gasteiger partial charge in [-0.05, 0) is 25.1 Å². The number of Topliss-reactive ketones (excluding diaryl/α,β-unsaturated/α-hetero) is 1. The van der Waals surface area contributed by atoms with Crippen LogP contribution in [0, 0.1) is 6.92 Å². The van der Waals surface area contributed by atoms with Crippen molar-refractivity contribution in [1.82, 2.24) is 0 Å². The molecule has 3 aromatic rings. The molecule has 4 rings (SSSR count). The molecule has 0 spiro atoms. The summed E-state index contributed by atoms with van der Waals surface area (Å²) in [6, 6.07) is 8.16. The van der Waals surface area contributed by atoms with E-state index in [0.717, 1.165) is 11.8 Å². The second-order valence-corrected chi connectivity index (χ2v) is 7.08. The molecule has 0 unspecified atom stereocenters. The van der Waals surface area contributed by atoms with Gasteiger partial charge in [0.25, 0.3) is 0 Å². The third-order valence-corrected chi connectivity index (χ3v) is 5.09. The number of anilines is 1. The highest BCUT2D eigenvalue weighted by molar-refractivity contribution is 6.18. The molecule has 0 fully saturated rings. The largest absolute Gasteiger partial charge is 0.495 e. The molecule has 1 aliphatic heterocycles. The Kier molecular flexibility index (Phi) is 5.04. The van der Waals surface area contributed by atoms with Crippen molar-refractivity contribution in [2.75, 3.05) is 19.5 Å². The van der Waals surface area contributed by atoms with Crippen molar-refractivity contribution in [1.29, 1.82) is 0 Å². The van der Waals surface area contributed by atoms with Gasteiger partial charge >= 0.3 is 12.0 Å². The smallest absolute Gasteiger partial charge is 0.460 e. The van der Waals surface area contributed by atoms with Crippen LogP contribution in [-0.2, 0) is 0 Å². The van der Waals surface area contributed by atoms with E-state index in [1.54, 1.807) is 24.3 Å². The van der Waals surface area contributed by atoms with Gasteiger partial charge in [-0.2, -0.15) is 13.2 Å². The lowest BCUT2D eigenvalue weighted by atomic mass is 9.90. The average Bonchev–Trinajstić information content (AvgIpc) is 3.22. The molecule has 0 radical (unpaired) electrons. The fraction of sp³-hybridized carbons (Fsp3) is 0.227. The Hall–Kier alpha value is -3.66. The number of carbonyl (C=O) groups is 1. The van der Waals surface area contributed by atoms with E-state index in [1.807, 2.05) is 6.92 Å². The Morgan fingerprint density at radius 3 is 2.34 bits per heavy atom. The number of furan rings is 1. The van der Waals surface area contributed by atoms with Gasteiger partial charge in [0.1, 0.15) is 11.3 Å². The Morgan fingerprint density at radius 1 is 1.09 bits per heavy atom. The molecule has 32 heavy (non-hydrogen) atoms. The van der Waals surface area contributed by atoms with Crippen LogP contribution in [-0.4, -0.2) is 37.1 Å². The first kappa shape index (κ1) is 21.6. The van der Waals surface area contributed by atoms with E-state index in [1.165, 1.54) is 26.5 Å². The van der Waals surface area contributed by atoms with Gasteiger partial charge in [-0.1, -0.05) is 17.7 Å². The number of nitrogens with one attached hydrogen (secondary N) is 1. The molecule has 168 valence electrons. The number of fused-ring (bicyclic) bond motifs is 2. The summed E-state index contributed by atoms with van der Waals surface area (Å²) < 4.78 is 62.8. The standard InChI is InChI=1S/C22H18F3NO6/c1-11-4-6-12(7-5-11)26-10-14-16(27)15-17(29-2)13-8-9-31-18(13)20(30-3)19(15)32-21(14,28)22(23,24)25/h4-10,26,28H,1-3H3/b14-10+/t21-/m0/s1. The van der Waals surface area contributed by atoms with Crippen LogP contribution in [0.5, 0.6) is 17.2 Å². The van der Waals surface area contributed by atoms with E-state index in [4.69, 9.17) is 18.6 Å². The average molecular weight is 449 g/mol. The van der Waals surface area contributed by atoms with E-state index < -0.39 is 29.1 Å². The van der Waals surface area contributed by atoms with Gasteiger partial charge in [0.05, 0.1) is 31.4 Å². The molecule has 2 N–H and O–H groups in total. The molecule has 7 nitrogen and oxygen atoms in total. The quantitative estimate of drug-likeness (QED) is 0.564. The number of rotatable bonds is 4.